The number of halogens is 1. The maximum atomic E-state index is 13.7. The maximum absolute atomic E-state index is 13.7. The zero-order valence-corrected chi connectivity index (χ0v) is 10.8. The first kappa shape index (κ1) is 12.6. The molecule has 0 fully saturated rings. The van der Waals surface area contributed by atoms with Gasteiger partial charge in [-0.15, -0.1) is 0 Å². The van der Waals surface area contributed by atoms with Crippen molar-refractivity contribution in [3.05, 3.63) is 64.5 Å². The van der Waals surface area contributed by atoms with E-state index in [-0.39, 0.29) is 5.82 Å². The minimum atomic E-state index is -0.116. The van der Waals surface area contributed by atoms with E-state index in [1.54, 1.807) is 6.07 Å². The van der Waals surface area contributed by atoms with Crippen molar-refractivity contribution in [3.8, 4) is 0 Å². The summed E-state index contributed by atoms with van der Waals surface area (Å²) in [5.41, 5.74) is 10.6. The lowest BCUT2D eigenvalue weighted by Crippen LogP contribution is -1.97. The number of rotatable bonds is 3. The van der Waals surface area contributed by atoms with E-state index in [1.165, 1.54) is 0 Å². The summed E-state index contributed by atoms with van der Waals surface area (Å²) in [6.07, 6.45) is 1.51. The van der Waals surface area contributed by atoms with Gasteiger partial charge in [0.2, 0.25) is 0 Å². The fourth-order valence-corrected chi connectivity index (χ4v) is 1.98. The van der Waals surface area contributed by atoms with Gasteiger partial charge in [-0.1, -0.05) is 24.3 Å². The van der Waals surface area contributed by atoms with Crippen LogP contribution >= 0.6 is 0 Å². The first-order valence-corrected chi connectivity index (χ1v) is 6.16. The first-order chi connectivity index (χ1) is 8.56. The second-order valence-corrected chi connectivity index (χ2v) is 4.79. The third kappa shape index (κ3) is 2.89. The molecule has 18 heavy (non-hydrogen) atoms. The van der Waals surface area contributed by atoms with Crippen molar-refractivity contribution in [2.24, 2.45) is 0 Å². The Morgan fingerprint density at radius 3 is 2.44 bits per heavy atom. The number of aryl methyl sites for hydroxylation is 4. The van der Waals surface area contributed by atoms with Gasteiger partial charge in [0.15, 0.2) is 0 Å². The van der Waals surface area contributed by atoms with Crippen LogP contribution in [0.5, 0.6) is 0 Å². The van der Waals surface area contributed by atoms with Crippen LogP contribution in [0.3, 0.4) is 0 Å². The van der Waals surface area contributed by atoms with Gasteiger partial charge in [-0.2, -0.15) is 0 Å². The Balaban J connectivity index is 2.09. The lowest BCUT2D eigenvalue weighted by molar-refractivity contribution is 0.607. The van der Waals surface area contributed by atoms with Crippen molar-refractivity contribution in [3.63, 3.8) is 0 Å². The molecule has 0 amide bonds. The zero-order valence-electron chi connectivity index (χ0n) is 10.8. The average molecular weight is 243 g/mol. The largest absolute Gasteiger partial charge is 0.399 e. The van der Waals surface area contributed by atoms with Crippen LogP contribution in [0, 0.1) is 19.7 Å². The van der Waals surface area contributed by atoms with Gasteiger partial charge in [-0.05, 0) is 61.1 Å². The Morgan fingerprint density at radius 2 is 1.78 bits per heavy atom. The molecule has 0 aromatic heterocycles. The van der Waals surface area contributed by atoms with Crippen molar-refractivity contribution in [2.45, 2.75) is 26.7 Å². The summed E-state index contributed by atoms with van der Waals surface area (Å²) in [6, 6.07) is 11.4. The molecule has 2 rings (SSSR count). The molecule has 94 valence electrons. The number of hydrogen-bond donors (Lipinski definition) is 1. The molecule has 2 N–H and O–H groups in total. The molecule has 0 atom stereocenters. The second-order valence-electron chi connectivity index (χ2n) is 4.79. The first-order valence-electron chi connectivity index (χ1n) is 6.16. The standard InChI is InChI=1S/C16H18FN/c1-11-3-7-14(15(17)9-11)8-6-13-5-4-12(2)16(18)10-13/h3-5,7,9-10H,6,8,18H2,1-2H3. The van der Waals surface area contributed by atoms with Gasteiger partial charge >= 0.3 is 0 Å². The molecule has 0 unspecified atom stereocenters. The van der Waals surface area contributed by atoms with Crippen molar-refractivity contribution in [2.75, 3.05) is 5.73 Å². The quantitative estimate of drug-likeness (QED) is 0.815. The fraction of sp³-hybridized carbons (Fsp3) is 0.250. The number of nitrogen functional groups attached to an aromatic ring is 1. The topological polar surface area (TPSA) is 26.0 Å². The normalized spacial score (nSPS) is 10.6. The highest BCUT2D eigenvalue weighted by Crippen LogP contribution is 2.16. The van der Waals surface area contributed by atoms with Crippen molar-refractivity contribution >= 4 is 5.69 Å². The molecule has 0 saturated carbocycles. The van der Waals surface area contributed by atoms with E-state index in [2.05, 4.69) is 6.07 Å². The summed E-state index contributed by atoms with van der Waals surface area (Å²) in [6.45, 7) is 3.88. The third-order valence-electron chi connectivity index (χ3n) is 3.24. The lowest BCUT2D eigenvalue weighted by Gasteiger charge is -2.07. The van der Waals surface area contributed by atoms with Crippen LogP contribution in [0.2, 0.25) is 0 Å². The van der Waals surface area contributed by atoms with Crippen LogP contribution < -0.4 is 5.73 Å². The molecule has 0 aliphatic rings. The molecule has 0 aliphatic heterocycles. The number of anilines is 1. The molecule has 0 bridgehead atoms. The smallest absolute Gasteiger partial charge is 0.126 e. The van der Waals surface area contributed by atoms with E-state index in [9.17, 15) is 4.39 Å². The molecule has 2 aromatic carbocycles. The average Bonchev–Trinajstić information content (AvgIpc) is 2.32. The van der Waals surface area contributed by atoms with Crippen LogP contribution in [0.15, 0.2) is 36.4 Å². The third-order valence-corrected chi connectivity index (χ3v) is 3.24. The monoisotopic (exact) mass is 243 g/mol. The molecule has 0 radical (unpaired) electrons. The van der Waals surface area contributed by atoms with Crippen LogP contribution in [0.1, 0.15) is 22.3 Å². The van der Waals surface area contributed by atoms with Gasteiger partial charge in [0, 0.05) is 5.69 Å². The van der Waals surface area contributed by atoms with E-state index in [1.807, 2.05) is 38.1 Å². The highest BCUT2D eigenvalue weighted by molar-refractivity contribution is 5.48. The van der Waals surface area contributed by atoms with Crippen LogP contribution in [-0.4, -0.2) is 0 Å². The molecule has 0 heterocycles. The van der Waals surface area contributed by atoms with Crippen molar-refractivity contribution in [1.29, 1.82) is 0 Å². The second kappa shape index (κ2) is 5.21. The minimum absolute atomic E-state index is 0.116. The summed E-state index contributed by atoms with van der Waals surface area (Å²) >= 11 is 0. The Kier molecular flexibility index (Phi) is 3.66. The molecular formula is C16H18FN. The highest BCUT2D eigenvalue weighted by Gasteiger charge is 2.03. The Labute approximate surface area is 107 Å². The van der Waals surface area contributed by atoms with E-state index in [0.29, 0.717) is 6.42 Å². The van der Waals surface area contributed by atoms with E-state index < -0.39 is 0 Å². The minimum Gasteiger partial charge on any atom is -0.399 e. The van der Waals surface area contributed by atoms with Crippen LogP contribution in [0.4, 0.5) is 10.1 Å². The van der Waals surface area contributed by atoms with E-state index in [4.69, 9.17) is 5.73 Å². The SMILES string of the molecule is Cc1ccc(CCc2ccc(C)c(N)c2)c(F)c1. The molecule has 0 spiro atoms. The molecule has 1 nitrogen and oxygen atoms in total. The summed E-state index contributed by atoms with van der Waals surface area (Å²) in [5, 5.41) is 0. The molecular weight excluding hydrogens is 225 g/mol. The Bertz CT molecular complexity index is 561. The van der Waals surface area contributed by atoms with E-state index in [0.717, 1.165) is 34.4 Å². The van der Waals surface area contributed by atoms with Gasteiger partial charge in [0.1, 0.15) is 5.82 Å². The van der Waals surface area contributed by atoms with Gasteiger partial charge < -0.3 is 5.73 Å². The summed E-state index contributed by atoms with van der Waals surface area (Å²) in [5.74, 6) is -0.116. The van der Waals surface area contributed by atoms with Crippen LogP contribution in [-0.2, 0) is 12.8 Å². The summed E-state index contributed by atoms with van der Waals surface area (Å²) in [7, 11) is 0. The van der Waals surface area contributed by atoms with E-state index >= 15 is 0 Å². The number of benzene rings is 2. The summed E-state index contributed by atoms with van der Waals surface area (Å²) in [4.78, 5) is 0. The molecule has 2 aromatic rings. The maximum Gasteiger partial charge on any atom is 0.126 e. The van der Waals surface area contributed by atoms with Crippen molar-refractivity contribution < 1.29 is 4.39 Å². The Morgan fingerprint density at radius 1 is 1.00 bits per heavy atom. The number of nitrogens with two attached hydrogens (primary N) is 1. The fourth-order valence-electron chi connectivity index (χ4n) is 1.98. The Hall–Kier alpha value is -1.83. The van der Waals surface area contributed by atoms with Gasteiger partial charge in [-0.25, -0.2) is 4.39 Å². The lowest BCUT2D eigenvalue weighted by atomic mass is 10.0. The highest BCUT2D eigenvalue weighted by atomic mass is 19.1. The van der Waals surface area contributed by atoms with Crippen molar-refractivity contribution in [1.82, 2.24) is 0 Å². The predicted octanol–water partition coefficient (Wildman–Crippen LogP) is 3.81. The van der Waals surface area contributed by atoms with Gasteiger partial charge in [0.05, 0.1) is 0 Å². The van der Waals surface area contributed by atoms with Gasteiger partial charge in [0.25, 0.3) is 0 Å². The van der Waals surface area contributed by atoms with Crippen LogP contribution in [0.25, 0.3) is 0 Å². The summed E-state index contributed by atoms with van der Waals surface area (Å²) < 4.78 is 13.7. The number of hydrogen-bond acceptors (Lipinski definition) is 1. The zero-order chi connectivity index (χ0) is 13.1. The van der Waals surface area contributed by atoms with Gasteiger partial charge in [-0.3, -0.25) is 0 Å². The molecule has 0 aliphatic carbocycles. The molecule has 0 saturated heterocycles. The molecule has 2 heteroatoms. The predicted molar refractivity (Wildman–Crippen MR) is 74.1 cm³/mol.